The Bertz CT molecular complexity index is 1240. The van der Waals surface area contributed by atoms with Crippen LogP contribution in [0.5, 0.6) is 0 Å². The number of fused-ring (bicyclic) bond motifs is 1. The number of amidine groups is 1. The van der Waals surface area contributed by atoms with E-state index < -0.39 is 14.8 Å². The molecule has 2 fully saturated rings. The van der Waals surface area contributed by atoms with Crippen molar-refractivity contribution in [3.63, 3.8) is 0 Å². The summed E-state index contributed by atoms with van der Waals surface area (Å²) >= 11 is 1.46. The second kappa shape index (κ2) is 8.91. The Morgan fingerprint density at radius 1 is 1.03 bits per heavy atom. The van der Waals surface area contributed by atoms with Crippen molar-refractivity contribution in [3.05, 3.63) is 64.2 Å². The first-order valence-electron chi connectivity index (χ1n) is 10.9. The number of anilines is 2. The van der Waals surface area contributed by atoms with Gasteiger partial charge < -0.3 is 15.1 Å². The molecule has 10 nitrogen and oxygen atoms in total. The highest BCUT2D eigenvalue weighted by Gasteiger charge is 2.42. The zero-order valence-corrected chi connectivity index (χ0v) is 19.8. The molecule has 2 aromatic carbocycles. The summed E-state index contributed by atoms with van der Waals surface area (Å²) in [6, 6.07) is 13.5. The molecule has 0 aliphatic carbocycles. The van der Waals surface area contributed by atoms with E-state index >= 15 is 0 Å². The van der Waals surface area contributed by atoms with Gasteiger partial charge in [0.15, 0.2) is 15.0 Å². The van der Waals surface area contributed by atoms with Crippen LogP contribution in [0.2, 0.25) is 0 Å². The molecule has 0 saturated carbocycles. The van der Waals surface area contributed by atoms with E-state index in [1.807, 2.05) is 17.0 Å². The number of nitro groups is 1. The highest BCUT2D eigenvalue weighted by atomic mass is 32.2. The zero-order chi connectivity index (χ0) is 23.9. The molecular weight excluding hydrogens is 478 g/mol. The van der Waals surface area contributed by atoms with Gasteiger partial charge in [0, 0.05) is 60.5 Å². The van der Waals surface area contributed by atoms with E-state index in [2.05, 4.69) is 15.2 Å². The number of nitro benzene ring substituents is 1. The summed E-state index contributed by atoms with van der Waals surface area (Å²) < 4.78 is 23.4. The van der Waals surface area contributed by atoms with E-state index in [9.17, 15) is 23.3 Å². The molecule has 3 aliphatic heterocycles. The quantitative estimate of drug-likeness (QED) is 0.500. The molecule has 0 aromatic heterocycles. The van der Waals surface area contributed by atoms with Gasteiger partial charge in [-0.1, -0.05) is 11.8 Å². The maximum Gasteiger partial charge on any atom is 0.269 e. The first kappa shape index (κ1) is 22.7. The van der Waals surface area contributed by atoms with Gasteiger partial charge in [-0.2, -0.15) is 0 Å². The lowest BCUT2D eigenvalue weighted by Crippen LogP contribution is -2.48. The van der Waals surface area contributed by atoms with E-state index in [1.54, 1.807) is 24.3 Å². The number of carbonyl (C=O) groups excluding carboxylic acids is 1. The Labute approximate surface area is 201 Å². The molecule has 178 valence electrons. The standard InChI is InChI=1S/C22H23N5O5S2/c28-21(26-11-9-25(10-12-26)17-5-7-18(8-6-17)27(29)30)15-1-3-16(4-2-15)23-22-24-19-13-34(31,32)14-20(19)33-22/h1-8,19-20H,9-14H2,(H,23,24)/t19-,20-/m1/s1. The molecule has 0 radical (unpaired) electrons. The summed E-state index contributed by atoms with van der Waals surface area (Å²) in [6.45, 7) is 2.43. The van der Waals surface area contributed by atoms with Gasteiger partial charge in [-0.05, 0) is 36.4 Å². The van der Waals surface area contributed by atoms with Crippen LogP contribution in [-0.4, -0.2) is 78.3 Å². The largest absolute Gasteiger partial charge is 0.368 e. The lowest BCUT2D eigenvalue weighted by molar-refractivity contribution is -0.384. The van der Waals surface area contributed by atoms with Gasteiger partial charge in [-0.25, -0.2) is 8.42 Å². The van der Waals surface area contributed by atoms with Crippen molar-refractivity contribution in [2.24, 2.45) is 4.99 Å². The third kappa shape index (κ3) is 4.73. The second-order valence-corrected chi connectivity index (χ2v) is 11.9. The monoisotopic (exact) mass is 501 g/mol. The Hall–Kier alpha value is -3.12. The summed E-state index contributed by atoms with van der Waals surface area (Å²) in [6.07, 6.45) is 0. The molecule has 1 N–H and O–H groups in total. The Kier molecular flexibility index (Phi) is 5.94. The number of aliphatic imine (C=N–C) groups is 1. The minimum absolute atomic E-state index is 0.0157. The first-order valence-corrected chi connectivity index (χ1v) is 13.6. The van der Waals surface area contributed by atoms with Gasteiger partial charge in [0.2, 0.25) is 0 Å². The minimum Gasteiger partial charge on any atom is -0.368 e. The van der Waals surface area contributed by atoms with Gasteiger partial charge in [-0.15, -0.1) is 0 Å². The van der Waals surface area contributed by atoms with Crippen molar-refractivity contribution >= 4 is 49.7 Å². The van der Waals surface area contributed by atoms with Crippen molar-refractivity contribution in [1.82, 2.24) is 4.90 Å². The van der Waals surface area contributed by atoms with E-state index in [1.165, 1.54) is 23.9 Å². The number of nitrogens with one attached hydrogen (secondary N) is 1. The number of nitrogens with zero attached hydrogens (tertiary/aromatic N) is 4. The molecule has 0 unspecified atom stereocenters. The third-order valence-corrected chi connectivity index (χ3v) is 9.34. The molecule has 34 heavy (non-hydrogen) atoms. The van der Waals surface area contributed by atoms with Crippen molar-refractivity contribution in [3.8, 4) is 0 Å². The smallest absolute Gasteiger partial charge is 0.269 e. The Balaban J connectivity index is 1.15. The van der Waals surface area contributed by atoms with Crippen molar-refractivity contribution in [2.75, 3.05) is 47.9 Å². The van der Waals surface area contributed by atoms with Crippen LogP contribution in [0.1, 0.15) is 10.4 Å². The van der Waals surface area contributed by atoms with Crippen molar-refractivity contribution in [1.29, 1.82) is 0 Å². The zero-order valence-electron chi connectivity index (χ0n) is 18.2. The molecule has 0 spiro atoms. The van der Waals surface area contributed by atoms with Crippen molar-refractivity contribution in [2.45, 2.75) is 11.3 Å². The van der Waals surface area contributed by atoms with Crippen LogP contribution in [-0.2, 0) is 9.84 Å². The highest BCUT2D eigenvalue weighted by molar-refractivity contribution is 8.15. The lowest BCUT2D eigenvalue weighted by Gasteiger charge is -2.36. The van der Waals surface area contributed by atoms with E-state index in [-0.39, 0.29) is 34.4 Å². The number of hydrogen-bond donors (Lipinski definition) is 1. The molecule has 2 aromatic rings. The molecule has 12 heteroatoms. The fourth-order valence-corrected chi connectivity index (χ4v) is 8.05. The average Bonchev–Trinajstić information content (AvgIpc) is 3.31. The fourth-order valence-electron chi connectivity index (χ4n) is 4.37. The fraction of sp³-hybridized carbons (Fsp3) is 0.364. The van der Waals surface area contributed by atoms with E-state index in [4.69, 9.17) is 0 Å². The number of hydrogen-bond acceptors (Lipinski definition) is 9. The number of benzene rings is 2. The normalized spacial score (nSPS) is 23.4. The topological polar surface area (TPSA) is 125 Å². The number of amides is 1. The Morgan fingerprint density at radius 3 is 2.32 bits per heavy atom. The molecule has 3 heterocycles. The van der Waals surface area contributed by atoms with Crippen LogP contribution in [0.4, 0.5) is 17.1 Å². The number of sulfone groups is 1. The molecule has 0 bridgehead atoms. The van der Waals surface area contributed by atoms with Crippen LogP contribution in [0.15, 0.2) is 53.5 Å². The molecule has 2 saturated heterocycles. The number of carbonyl (C=O) groups is 1. The highest BCUT2D eigenvalue weighted by Crippen LogP contribution is 2.34. The van der Waals surface area contributed by atoms with Crippen LogP contribution < -0.4 is 10.2 Å². The lowest BCUT2D eigenvalue weighted by atomic mass is 10.1. The molecule has 5 rings (SSSR count). The van der Waals surface area contributed by atoms with Gasteiger partial charge in [0.05, 0.1) is 22.5 Å². The van der Waals surface area contributed by atoms with Gasteiger partial charge in [0.1, 0.15) is 0 Å². The summed E-state index contributed by atoms with van der Waals surface area (Å²) in [4.78, 5) is 31.8. The van der Waals surface area contributed by atoms with Crippen LogP contribution in [0.25, 0.3) is 0 Å². The third-order valence-electron chi connectivity index (χ3n) is 6.19. The number of non-ortho nitro benzene ring substituents is 1. The van der Waals surface area contributed by atoms with Crippen LogP contribution in [0, 0.1) is 10.1 Å². The van der Waals surface area contributed by atoms with Gasteiger partial charge in [0.25, 0.3) is 11.6 Å². The molecule has 3 aliphatic rings. The number of rotatable bonds is 4. The minimum atomic E-state index is -2.98. The van der Waals surface area contributed by atoms with Crippen LogP contribution in [0.3, 0.4) is 0 Å². The molecule has 2 atom stereocenters. The van der Waals surface area contributed by atoms with E-state index in [0.29, 0.717) is 36.9 Å². The molecular formula is C22H23N5O5S2. The van der Waals surface area contributed by atoms with Gasteiger partial charge >= 0.3 is 0 Å². The maximum absolute atomic E-state index is 12.9. The predicted octanol–water partition coefficient (Wildman–Crippen LogP) is 2.24. The summed E-state index contributed by atoms with van der Waals surface area (Å²) in [5, 5.41) is 14.7. The number of piperazine rings is 1. The second-order valence-electron chi connectivity index (χ2n) is 8.49. The summed E-state index contributed by atoms with van der Waals surface area (Å²) in [5.41, 5.74) is 2.36. The van der Waals surface area contributed by atoms with Crippen molar-refractivity contribution < 1.29 is 18.1 Å². The molecule has 1 amide bonds. The number of thioether (sulfide) groups is 1. The van der Waals surface area contributed by atoms with Gasteiger partial charge in [-0.3, -0.25) is 19.9 Å². The summed E-state index contributed by atoms with van der Waals surface area (Å²) in [5.74, 6) is 0.241. The maximum atomic E-state index is 12.9. The first-order chi connectivity index (χ1) is 16.3. The summed E-state index contributed by atoms with van der Waals surface area (Å²) in [7, 11) is -2.98. The average molecular weight is 502 g/mol. The SMILES string of the molecule is O=C(c1ccc(NC2=N[C@@H]3CS(=O)(=O)C[C@H]3S2)cc1)N1CCN(c2ccc([N+](=O)[O-])cc2)CC1. The Morgan fingerprint density at radius 2 is 1.71 bits per heavy atom. The van der Waals surface area contributed by atoms with E-state index in [0.717, 1.165) is 11.4 Å². The predicted molar refractivity (Wildman–Crippen MR) is 133 cm³/mol. The van der Waals surface area contributed by atoms with Crippen LogP contribution >= 0.6 is 11.8 Å².